The van der Waals surface area contributed by atoms with Gasteiger partial charge < -0.3 is 14.6 Å². The van der Waals surface area contributed by atoms with E-state index >= 15 is 8.78 Å². The first-order valence-electron chi connectivity index (χ1n) is 10.8. The highest BCUT2D eigenvalue weighted by Crippen LogP contribution is 2.53. The molecule has 0 spiro atoms. The summed E-state index contributed by atoms with van der Waals surface area (Å²) in [6, 6.07) is 0.469. The summed E-state index contributed by atoms with van der Waals surface area (Å²) in [5.41, 5.74) is -1.98. The maximum atomic E-state index is 15.7. The quantitative estimate of drug-likeness (QED) is 0.563. The average molecular weight is 487 g/mol. The Balaban J connectivity index is 2.05. The summed E-state index contributed by atoms with van der Waals surface area (Å²) in [5.74, 6) is -3.38. The largest absolute Gasteiger partial charge is 0.477 e. The number of rotatable bonds is 8. The van der Waals surface area contributed by atoms with Gasteiger partial charge in [-0.2, -0.15) is 0 Å². The molecule has 1 aromatic carbocycles. The molecule has 1 fully saturated rings. The third-order valence-electron chi connectivity index (χ3n) is 5.61. The zero-order valence-electron chi connectivity index (χ0n) is 19.0. The molecule has 12 heteroatoms. The number of hydrogen-bond acceptors (Lipinski definition) is 6. The molecule has 3 rings (SSSR count). The Hall–Kier alpha value is -2.33. The van der Waals surface area contributed by atoms with Gasteiger partial charge >= 0.3 is 13.7 Å². The molecular weight excluding hydrogens is 459 g/mol. The molecule has 0 amide bonds. The van der Waals surface area contributed by atoms with Crippen LogP contribution in [0.1, 0.15) is 38.1 Å². The fraction of sp³-hybridized carbons (Fsp3) is 0.524. The molecule has 1 atom stereocenters. The topological polar surface area (TPSA) is 101 Å². The van der Waals surface area contributed by atoms with E-state index in [2.05, 4.69) is 0 Å². The molecule has 182 valence electrons. The second kappa shape index (κ2) is 9.89. The molecule has 1 aliphatic heterocycles. The number of fused-ring (bicyclic) bond motifs is 1. The molecule has 2 heterocycles. The number of aromatic carboxylic acids is 1. The summed E-state index contributed by atoms with van der Waals surface area (Å²) in [6.07, 6.45) is 1.07. The van der Waals surface area contributed by atoms with Crippen LogP contribution in [0.25, 0.3) is 10.9 Å². The van der Waals surface area contributed by atoms with Crippen LogP contribution >= 0.6 is 7.75 Å². The molecular formula is C21H28F2N3O6P. The second-order valence-electron chi connectivity index (χ2n) is 7.64. The van der Waals surface area contributed by atoms with Crippen molar-refractivity contribution in [2.24, 2.45) is 0 Å². The van der Waals surface area contributed by atoms with Gasteiger partial charge in [-0.1, -0.05) is 0 Å². The van der Waals surface area contributed by atoms with E-state index in [-0.39, 0.29) is 56.0 Å². The first-order chi connectivity index (χ1) is 15.6. The van der Waals surface area contributed by atoms with Gasteiger partial charge in [-0.3, -0.25) is 13.8 Å². The van der Waals surface area contributed by atoms with Gasteiger partial charge in [0.2, 0.25) is 5.43 Å². The van der Waals surface area contributed by atoms with Crippen molar-refractivity contribution in [2.45, 2.75) is 40.3 Å². The number of benzene rings is 1. The van der Waals surface area contributed by atoms with Crippen LogP contribution in [-0.2, 0) is 20.2 Å². The highest BCUT2D eigenvalue weighted by atomic mass is 31.2. The zero-order valence-corrected chi connectivity index (χ0v) is 19.9. The number of halogens is 2. The Morgan fingerprint density at radius 1 is 1.21 bits per heavy atom. The molecule has 0 radical (unpaired) electrons. The predicted octanol–water partition coefficient (Wildman–Crippen LogP) is 3.69. The summed E-state index contributed by atoms with van der Waals surface area (Å²) >= 11 is 0. The Bertz CT molecular complexity index is 1160. The van der Waals surface area contributed by atoms with Crippen molar-refractivity contribution in [3.05, 3.63) is 39.7 Å². The highest BCUT2D eigenvalue weighted by molar-refractivity contribution is 7.51. The Labute approximate surface area is 190 Å². The molecule has 0 saturated carbocycles. The van der Waals surface area contributed by atoms with E-state index in [9.17, 15) is 19.3 Å². The molecule has 0 aliphatic carbocycles. The number of carbonyl (C=O) groups is 1. The standard InChI is InChI=1S/C21H28F2N3O6P/c1-5-24-12-15(21(28)29)20(27)14-10-16(22)19(17(23)18(14)24)25-8-9-26(13(4)11-25)33(30,31-6-2)32-7-3/h10,12-13H,5-9,11H2,1-4H3,(H,28,29). The maximum absolute atomic E-state index is 15.7. The third kappa shape index (κ3) is 4.55. The Kier molecular flexibility index (Phi) is 7.58. The van der Waals surface area contributed by atoms with Gasteiger partial charge in [0.15, 0.2) is 5.82 Å². The SMILES string of the molecule is CCOP(=O)(OCC)N1CCN(c2c(F)cc3c(=O)c(C(=O)O)cn(CC)c3c2F)CC1C. The number of aromatic nitrogens is 1. The molecule has 0 bridgehead atoms. The van der Waals surface area contributed by atoms with Crippen molar-refractivity contribution in [1.29, 1.82) is 0 Å². The van der Waals surface area contributed by atoms with Crippen LogP contribution in [0, 0.1) is 11.6 Å². The summed E-state index contributed by atoms with van der Waals surface area (Å²) in [4.78, 5) is 25.4. The lowest BCUT2D eigenvalue weighted by Crippen LogP contribution is -2.51. The first-order valence-corrected chi connectivity index (χ1v) is 12.3. The van der Waals surface area contributed by atoms with Gasteiger partial charge in [0, 0.05) is 38.4 Å². The van der Waals surface area contributed by atoms with E-state index in [1.54, 1.807) is 32.4 Å². The van der Waals surface area contributed by atoms with Gasteiger partial charge in [0.25, 0.3) is 0 Å². The smallest absolute Gasteiger partial charge is 0.408 e. The predicted molar refractivity (Wildman–Crippen MR) is 120 cm³/mol. The van der Waals surface area contributed by atoms with Crippen molar-refractivity contribution >= 4 is 30.3 Å². The molecule has 2 aromatic rings. The number of hydrogen-bond donors (Lipinski definition) is 1. The third-order valence-corrected chi connectivity index (χ3v) is 8.00. The van der Waals surface area contributed by atoms with Crippen LogP contribution in [0.3, 0.4) is 0 Å². The average Bonchev–Trinajstić information content (AvgIpc) is 2.74. The fourth-order valence-electron chi connectivity index (χ4n) is 4.20. The molecule has 9 nitrogen and oxygen atoms in total. The van der Waals surface area contributed by atoms with Gasteiger partial charge in [-0.25, -0.2) is 22.8 Å². The van der Waals surface area contributed by atoms with Crippen molar-refractivity contribution in [3.8, 4) is 0 Å². The Morgan fingerprint density at radius 2 is 1.85 bits per heavy atom. The zero-order chi connectivity index (χ0) is 24.5. The number of carboxylic acids is 1. The van der Waals surface area contributed by atoms with E-state index in [0.717, 1.165) is 12.3 Å². The second-order valence-corrected chi connectivity index (χ2v) is 9.61. The van der Waals surface area contributed by atoms with Crippen LogP contribution < -0.4 is 10.3 Å². The number of carboxylic acid groups (broad SMARTS) is 1. The molecule has 33 heavy (non-hydrogen) atoms. The van der Waals surface area contributed by atoms with Gasteiger partial charge in [-0.15, -0.1) is 0 Å². The summed E-state index contributed by atoms with van der Waals surface area (Å²) in [6.45, 7) is 7.82. The van der Waals surface area contributed by atoms with Crippen LogP contribution in [0.5, 0.6) is 0 Å². The first kappa shape index (κ1) is 25.3. The molecule has 1 aliphatic rings. The van der Waals surface area contributed by atoms with Gasteiger partial charge in [0.05, 0.1) is 24.1 Å². The van der Waals surface area contributed by atoms with E-state index in [0.29, 0.717) is 0 Å². The van der Waals surface area contributed by atoms with Gasteiger partial charge in [-0.05, 0) is 33.8 Å². The maximum Gasteiger partial charge on any atom is 0.408 e. The van der Waals surface area contributed by atoms with E-state index in [1.807, 2.05) is 0 Å². The number of aryl methyl sites for hydroxylation is 1. The lowest BCUT2D eigenvalue weighted by molar-refractivity contribution is 0.0694. The minimum absolute atomic E-state index is 0.132. The van der Waals surface area contributed by atoms with Gasteiger partial charge in [0.1, 0.15) is 17.1 Å². The normalized spacial score (nSPS) is 17.6. The lowest BCUT2D eigenvalue weighted by Gasteiger charge is -2.42. The van der Waals surface area contributed by atoms with Crippen LogP contribution in [0.4, 0.5) is 14.5 Å². The summed E-state index contributed by atoms with van der Waals surface area (Å²) < 4.78 is 57.6. The van der Waals surface area contributed by atoms with Crippen molar-refractivity contribution in [1.82, 2.24) is 9.24 Å². The minimum Gasteiger partial charge on any atom is -0.477 e. The van der Waals surface area contributed by atoms with Crippen molar-refractivity contribution in [3.63, 3.8) is 0 Å². The molecule has 1 saturated heterocycles. The highest BCUT2D eigenvalue weighted by Gasteiger charge is 2.40. The van der Waals surface area contributed by atoms with Crippen molar-refractivity contribution in [2.75, 3.05) is 37.7 Å². The summed E-state index contributed by atoms with van der Waals surface area (Å²) in [5, 5.41) is 8.95. The van der Waals surface area contributed by atoms with E-state index < -0.39 is 42.4 Å². The number of nitrogens with zero attached hydrogens (tertiary/aromatic N) is 3. The van der Waals surface area contributed by atoms with Crippen LogP contribution in [-0.4, -0.2) is 59.2 Å². The monoisotopic (exact) mass is 487 g/mol. The van der Waals surface area contributed by atoms with Crippen LogP contribution in [0.2, 0.25) is 0 Å². The number of piperazine rings is 1. The fourth-order valence-corrected chi connectivity index (χ4v) is 6.11. The Morgan fingerprint density at radius 3 is 2.36 bits per heavy atom. The molecule has 1 aromatic heterocycles. The molecule has 1 N–H and O–H groups in total. The minimum atomic E-state index is -3.55. The molecule has 1 unspecified atom stereocenters. The van der Waals surface area contributed by atoms with E-state index in [4.69, 9.17) is 9.05 Å². The van der Waals surface area contributed by atoms with Crippen LogP contribution in [0.15, 0.2) is 17.1 Å². The van der Waals surface area contributed by atoms with Crippen molar-refractivity contribution < 1.29 is 32.3 Å². The number of anilines is 1. The summed E-state index contributed by atoms with van der Waals surface area (Å²) in [7, 11) is -3.55. The van der Waals surface area contributed by atoms with E-state index in [1.165, 1.54) is 9.47 Å². The lowest BCUT2D eigenvalue weighted by atomic mass is 10.1. The number of pyridine rings is 1.